The third-order valence-corrected chi connectivity index (χ3v) is 9.28. The molecule has 5 rings (SSSR count). The fraction of sp³-hybridized carbons (Fsp3) is 0.759. The molecule has 0 aromatic heterocycles. The number of ether oxygens (including phenoxy) is 1. The summed E-state index contributed by atoms with van der Waals surface area (Å²) in [5, 5.41) is 0. The molecule has 2 nitrogen and oxygen atoms in total. The van der Waals surface area contributed by atoms with Gasteiger partial charge in [-0.15, -0.1) is 0 Å². The highest BCUT2D eigenvalue weighted by Gasteiger charge is 2.51. The molecule has 1 atom stereocenters. The first-order valence-electron chi connectivity index (χ1n) is 13.4. The van der Waals surface area contributed by atoms with Crippen LogP contribution in [0.25, 0.3) is 0 Å². The van der Waals surface area contributed by atoms with Gasteiger partial charge in [-0.05, 0) is 99.5 Å². The molecule has 0 heterocycles. The van der Waals surface area contributed by atoms with Crippen molar-refractivity contribution in [1.29, 1.82) is 0 Å². The van der Waals surface area contributed by atoms with E-state index in [4.69, 9.17) is 4.74 Å². The van der Waals surface area contributed by atoms with Gasteiger partial charge in [0.05, 0.1) is 12.5 Å². The van der Waals surface area contributed by atoms with Gasteiger partial charge in [0, 0.05) is 11.8 Å². The highest BCUT2D eigenvalue weighted by Crippen LogP contribution is 2.60. The Kier molecular flexibility index (Phi) is 7.62. The Balaban J connectivity index is 1.28. The molecular weight excluding hydrogens is 399 g/mol. The van der Waals surface area contributed by atoms with Crippen molar-refractivity contribution in [2.45, 2.75) is 116 Å². The van der Waals surface area contributed by atoms with Crippen LogP contribution in [0, 0.1) is 16.7 Å². The largest absolute Gasteiger partial charge is 0.465 e. The Hall–Kier alpha value is -1.38. The monoisotopic (exact) mass is 442 g/mol. The lowest BCUT2D eigenvalue weighted by Crippen LogP contribution is -2.47. The quantitative estimate of drug-likeness (QED) is 0.363. The number of hydrogen-bond acceptors (Lipinski definition) is 2. The number of esters is 1. The maximum absolute atomic E-state index is 15.6. The first-order chi connectivity index (χ1) is 15.5. The summed E-state index contributed by atoms with van der Waals surface area (Å²) in [6.07, 6.45) is 14.3. The number of carbonyl (C=O) groups is 1. The fourth-order valence-electron chi connectivity index (χ4n) is 7.00. The topological polar surface area (TPSA) is 26.3 Å². The highest BCUT2D eigenvalue weighted by molar-refractivity contribution is 5.72. The van der Waals surface area contributed by atoms with E-state index in [1.165, 1.54) is 37.7 Å². The van der Waals surface area contributed by atoms with Gasteiger partial charge in [0.2, 0.25) is 0 Å². The highest BCUT2D eigenvalue weighted by atomic mass is 19.1. The normalized spacial score (nSPS) is 33.1. The van der Waals surface area contributed by atoms with E-state index in [1.807, 2.05) is 6.92 Å². The standard InChI is InChI=1S/C29H43FO2/c1-3-13-28-14-17-29(18-15-28,19-16-28)26(30)21-22-5-7-23(8-6-22)24-9-11-25(12-10-24)27(31)32-20-4-2/h5-8,24-26H,3-4,9-21H2,1-2H3. The molecule has 0 N–H and O–H groups in total. The molecule has 0 saturated heterocycles. The molecule has 32 heavy (non-hydrogen) atoms. The van der Waals surface area contributed by atoms with Crippen LogP contribution in [0.2, 0.25) is 0 Å². The molecule has 4 aliphatic carbocycles. The van der Waals surface area contributed by atoms with Crippen molar-refractivity contribution in [3.8, 4) is 0 Å². The Morgan fingerprint density at radius 3 is 2.16 bits per heavy atom. The van der Waals surface area contributed by atoms with Crippen molar-refractivity contribution < 1.29 is 13.9 Å². The average molecular weight is 443 g/mol. The number of halogens is 1. The van der Waals surface area contributed by atoms with Gasteiger partial charge in [-0.25, -0.2) is 4.39 Å². The maximum atomic E-state index is 15.6. The first kappa shape index (κ1) is 23.8. The number of alkyl halides is 1. The molecule has 4 aliphatic rings. The third-order valence-electron chi connectivity index (χ3n) is 9.28. The SMILES string of the molecule is CCCOC(=O)C1CCC(c2ccc(CC(F)C34CCC(CCC)(CC3)CC4)cc2)CC1. The lowest BCUT2D eigenvalue weighted by molar-refractivity contribution is -0.149. The molecule has 0 radical (unpaired) electrons. The second-order valence-electron chi connectivity index (χ2n) is 11.2. The van der Waals surface area contributed by atoms with Gasteiger partial charge in [0.25, 0.3) is 0 Å². The number of hydrogen-bond donors (Lipinski definition) is 0. The van der Waals surface area contributed by atoms with Gasteiger partial charge in [-0.1, -0.05) is 44.5 Å². The van der Waals surface area contributed by atoms with Gasteiger partial charge in [-0.2, -0.15) is 0 Å². The zero-order valence-corrected chi connectivity index (χ0v) is 20.3. The van der Waals surface area contributed by atoms with E-state index < -0.39 is 6.17 Å². The number of benzene rings is 1. The third kappa shape index (κ3) is 5.07. The zero-order chi connectivity index (χ0) is 22.6. The predicted octanol–water partition coefficient (Wildman–Crippen LogP) is 7.93. The maximum Gasteiger partial charge on any atom is 0.308 e. The molecule has 1 aromatic carbocycles. The Labute approximate surface area is 194 Å². The van der Waals surface area contributed by atoms with E-state index in [9.17, 15) is 4.79 Å². The van der Waals surface area contributed by atoms with Crippen LogP contribution in [-0.2, 0) is 16.0 Å². The minimum absolute atomic E-state index is 0.00799. The summed E-state index contributed by atoms with van der Waals surface area (Å²) in [7, 11) is 0. The summed E-state index contributed by atoms with van der Waals surface area (Å²) in [4.78, 5) is 12.1. The first-order valence-corrected chi connectivity index (χ1v) is 13.4. The van der Waals surface area contributed by atoms with E-state index >= 15 is 4.39 Å². The number of carbonyl (C=O) groups excluding carboxylic acids is 1. The summed E-state index contributed by atoms with van der Waals surface area (Å²) >= 11 is 0. The number of fused-ring (bicyclic) bond motifs is 3. The van der Waals surface area contributed by atoms with Gasteiger partial charge in [0.1, 0.15) is 6.17 Å². The summed E-state index contributed by atoms with van der Waals surface area (Å²) in [6.45, 7) is 4.86. The summed E-state index contributed by atoms with van der Waals surface area (Å²) in [5.41, 5.74) is 2.98. The summed E-state index contributed by atoms with van der Waals surface area (Å²) in [5.74, 6) is 0.583. The molecule has 4 saturated carbocycles. The second-order valence-corrected chi connectivity index (χ2v) is 11.2. The molecule has 1 aromatic rings. The molecular formula is C29H43FO2. The van der Waals surface area contributed by atoms with Crippen LogP contribution in [-0.4, -0.2) is 18.7 Å². The fourth-order valence-corrected chi connectivity index (χ4v) is 7.00. The molecule has 2 bridgehead atoms. The van der Waals surface area contributed by atoms with Crippen LogP contribution >= 0.6 is 0 Å². The lowest BCUT2D eigenvalue weighted by atomic mass is 9.51. The molecule has 0 amide bonds. The van der Waals surface area contributed by atoms with Crippen LogP contribution in [0.3, 0.4) is 0 Å². The predicted molar refractivity (Wildman–Crippen MR) is 128 cm³/mol. The molecule has 3 heteroatoms. The van der Waals surface area contributed by atoms with Crippen molar-refractivity contribution in [3.05, 3.63) is 35.4 Å². The average Bonchev–Trinajstić information content (AvgIpc) is 2.84. The van der Waals surface area contributed by atoms with Crippen LogP contribution in [0.5, 0.6) is 0 Å². The van der Waals surface area contributed by atoms with E-state index in [1.54, 1.807) is 0 Å². The Bertz CT molecular complexity index is 722. The molecule has 178 valence electrons. The van der Waals surface area contributed by atoms with Gasteiger partial charge in [0.15, 0.2) is 0 Å². The molecule has 0 spiro atoms. The van der Waals surface area contributed by atoms with Crippen LogP contribution < -0.4 is 0 Å². The van der Waals surface area contributed by atoms with Crippen molar-refractivity contribution in [2.75, 3.05) is 6.61 Å². The van der Waals surface area contributed by atoms with Gasteiger partial charge in [-0.3, -0.25) is 4.79 Å². The molecule has 1 unspecified atom stereocenters. The van der Waals surface area contributed by atoms with Crippen molar-refractivity contribution in [2.24, 2.45) is 16.7 Å². The smallest absolute Gasteiger partial charge is 0.308 e. The number of rotatable bonds is 9. The van der Waals surface area contributed by atoms with Gasteiger partial charge >= 0.3 is 5.97 Å². The van der Waals surface area contributed by atoms with Crippen molar-refractivity contribution in [3.63, 3.8) is 0 Å². The van der Waals surface area contributed by atoms with Crippen molar-refractivity contribution >= 4 is 5.97 Å². The molecule has 4 fully saturated rings. The van der Waals surface area contributed by atoms with Crippen LogP contribution in [0.4, 0.5) is 4.39 Å². The Morgan fingerprint density at radius 1 is 0.969 bits per heavy atom. The summed E-state index contributed by atoms with van der Waals surface area (Å²) in [6, 6.07) is 8.75. The van der Waals surface area contributed by atoms with E-state index in [0.29, 0.717) is 24.4 Å². The minimum atomic E-state index is -0.710. The minimum Gasteiger partial charge on any atom is -0.465 e. The lowest BCUT2D eigenvalue weighted by Gasteiger charge is -2.55. The van der Waals surface area contributed by atoms with E-state index in [0.717, 1.165) is 56.9 Å². The zero-order valence-electron chi connectivity index (χ0n) is 20.3. The van der Waals surface area contributed by atoms with Crippen LogP contribution in [0.1, 0.15) is 114 Å². The Morgan fingerprint density at radius 2 is 1.59 bits per heavy atom. The second kappa shape index (κ2) is 10.3. The van der Waals surface area contributed by atoms with E-state index in [-0.39, 0.29) is 17.3 Å². The summed E-state index contributed by atoms with van der Waals surface area (Å²) < 4.78 is 20.9. The molecule has 0 aliphatic heterocycles. The van der Waals surface area contributed by atoms with E-state index in [2.05, 4.69) is 31.2 Å². The van der Waals surface area contributed by atoms with Gasteiger partial charge < -0.3 is 4.74 Å². The van der Waals surface area contributed by atoms with Crippen LogP contribution in [0.15, 0.2) is 24.3 Å². The van der Waals surface area contributed by atoms with Crippen molar-refractivity contribution in [1.82, 2.24) is 0 Å².